The van der Waals surface area contributed by atoms with Crippen LogP contribution in [0.1, 0.15) is 25.7 Å². The van der Waals surface area contributed by atoms with Gasteiger partial charge in [0.15, 0.2) is 5.82 Å². The van der Waals surface area contributed by atoms with Crippen LogP contribution in [0.2, 0.25) is 5.02 Å². The molecule has 3 heterocycles. The first-order valence-corrected chi connectivity index (χ1v) is 10.8. The van der Waals surface area contributed by atoms with Gasteiger partial charge in [0.05, 0.1) is 29.2 Å². The smallest absolute Gasteiger partial charge is 0.182 e. The predicted octanol–water partition coefficient (Wildman–Crippen LogP) is 4.86. The Morgan fingerprint density at radius 1 is 1.14 bits per heavy atom. The van der Waals surface area contributed by atoms with Crippen molar-refractivity contribution in [3.8, 4) is 0 Å². The quantitative estimate of drug-likeness (QED) is 0.731. The summed E-state index contributed by atoms with van der Waals surface area (Å²) in [4.78, 5) is 4.78. The monoisotopic (exact) mass is 405 g/mol. The number of fused-ring (bicyclic) bond motifs is 2. The highest BCUT2D eigenvalue weighted by molar-refractivity contribution is 6.31. The van der Waals surface area contributed by atoms with Crippen LogP contribution in [0.25, 0.3) is 10.9 Å². The van der Waals surface area contributed by atoms with E-state index < -0.39 is 0 Å². The third-order valence-electron chi connectivity index (χ3n) is 6.66. The Bertz CT molecular complexity index is 1150. The van der Waals surface area contributed by atoms with Gasteiger partial charge in [0, 0.05) is 30.1 Å². The lowest BCUT2D eigenvalue weighted by Gasteiger charge is -2.30. The number of hydrazine groups is 1. The van der Waals surface area contributed by atoms with Crippen LogP contribution in [-0.4, -0.2) is 34.1 Å². The van der Waals surface area contributed by atoms with Gasteiger partial charge in [-0.2, -0.15) is 5.10 Å². The van der Waals surface area contributed by atoms with Gasteiger partial charge in [0.25, 0.3) is 0 Å². The van der Waals surface area contributed by atoms with E-state index in [1.807, 2.05) is 23.9 Å². The number of aromatic nitrogens is 2. The van der Waals surface area contributed by atoms with Gasteiger partial charge in [-0.05, 0) is 61.8 Å². The molecule has 6 heteroatoms. The minimum Gasteiger partial charge on any atom is -0.282 e. The highest BCUT2D eigenvalue weighted by atomic mass is 35.5. The lowest BCUT2D eigenvalue weighted by molar-refractivity contribution is 0.416. The largest absolute Gasteiger partial charge is 0.282 e. The third kappa shape index (κ3) is 2.60. The van der Waals surface area contributed by atoms with Crippen molar-refractivity contribution in [2.24, 2.45) is 23.9 Å². The Morgan fingerprint density at radius 3 is 2.76 bits per heavy atom. The first-order chi connectivity index (χ1) is 14.1. The van der Waals surface area contributed by atoms with Crippen LogP contribution in [0.4, 0.5) is 5.82 Å². The van der Waals surface area contributed by atoms with Crippen molar-refractivity contribution in [2.45, 2.75) is 25.7 Å². The van der Waals surface area contributed by atoms with E-state index in [0.29, 0.717) is 5.92 Å². The van der Waals surface area contributed by atoms with Crippen molar-refractivity contribution in [3.63, 3.8) is 0 Å². The Balaban J connectivity index is 1.55. The van der Waals surface area contributed by atoms with E-state index in [1.54, 1.807) is 0 Å². The fourth-order valence-electron chi connectivity index (χ4n) is 5.05. The van der Waals surface area contributed by atoms with Crippen LogP contribution in [0, 0.1) is 11.8 Å². The number of halogens is 1. The minimum atomic E-state index is 0.706. The van der Waals surface area contributed by atoms with Gasteiger partial charge in [-0.3, -0.25) is 14.7 Å². The fourth-order valence-corrected chi connectivity index (χ4v) is 5.22. The molecule has 1 aromatic heterocycles. The van der Waals surface area contributed by atoms with Gasteiger partial charge in [-0.15, -0.1) is 0 Å². The molecule has 1 saturated carbocycles. The zero-order valence-corrected chi connectivity index (χ0v) is 17.5. The van der Waals surface area contributed by atoms with Crippen LogP contribution in [0.3, 0.4) is 0 Å². The lowest BCUT2D eigenvalue weighted by atomic mass is 9.86. The number of anilines is 1. The maximum atomic E-state index is 6.26. The van der Waals surface area contributed by atoms with E-state index in [2.05, 4.69) is 41.4 Å². The average Bonchev–Trinajstić information content (AvgIpc) is 3.23. The standard InChI is InChI=1S/C23H24ClN5/c1-27-20-13-16(24)8-10-18(20)23(26-27)29-22(19-4-3-11-25-19)17-9-7-15(14-5-6-14)12-21(17)28(29)2/h3-4,8,10,12-15H,5-7,9,11H2,1-2H3. The van der Waals surface area contributed by atoms with Crippen molar-refractivity contribution in [1.82, 2.24) is 14.8 Å². The molecule has 6 rings (SSSR count). The van der Waals surface area contributed by atoms with Crippen LogP contribution >= 0.6 is 11.6 Å². The molecular formula is C23H24ClN5. The molecule has 1 atom stereocenters. The van der Waals surface area contributed by atoms with Crippen LogP contribution in [0.5, 0.6) is 0 Å². The summed E-state index contributed by atoms with van der Waals surface area (Å²) < 4.78 is 1.92. The molecule has 2 aromatic rings. The molecule has 0 bridgehead atoms. The molecule has 1 aromatic carbocycles. The molecule has 0 N–H and O–H groups in total. The highest BCUT2D eigenvalue weighted by Crippen LogP contribution is 2.49. The van der Waals surface area contributed by atoms with Crippen molar-refractivity contribution in [2.75, 3.05) is 18.6 Å². The summed E-state index contributed by atoms with van der Waals surface area (Å²) in [5.74, 6) is 2.53. The molecule has 0 radical (unpaired) electrons. The molecule has 1 unspecified atom stereocenters. The summed E-state index contributed by atoms with van der Waals surface area (Å²) in [5.41, 5.74) is 6.03. The normalized spacial score (nSPS) is 23.9. The number of benzene rings is 1. The van der Waals surface area contributed by atoms with Crippen LogP contribution in [-0.2, 0) is 7.05 Å². The molecule has 2 aliphatic carbocycles. The summed E-state index contributed by atoms with van der Waals surface area (Å²) in [6, 6.07) is 6.00. The van der Waals surface area contributed by atoms with Gasteiger partial charge < -0.3 is 0 Å². The number of allylic oxidation sites excluding steroid dienone is 3. The highest BCUT2D eigenvalue weighted by Gasteiger charge is 2.41. The Hall–Kier alpha value is -2.53. The molecule has 29 heavy (non-hydrogen) atoms. The second-order valence-corrected chi connectivity index (χ2v) is 8.93. The average molecular weight is 406 g/mol. The third-order valence-corrected chi connectivity index (χ3v) is 6.90. The molecule has 148 valence electrons. The summed E-state index contributed by atoms with van der Waals surface area (Å²) in [5, 5.41) is 11.3. The molecule has 0 spiro atoms. The number of aryl methyl sites for hydroxylation is 1. The van der Waals surface area contributed by atoms with Gasteiger partial charge in [0.2, 0.25) is 0 Å². The lowest BCUT2D eigenvalue weighted by Crippen LogP contribution is -2.36. The molecule has 4 aliphatic rings. The molecule has 0 saturated heterocycles. The van der Waals surface area contributed by atoms with E-state index in [0.717, 1.165) is 46.3 Å². The van der Waals surface area contributed by atoms with Crippen molar-refractivity contribution < 1.29 is 0 Å². The summed E-state index contributed by atoms with van der Waals surface area (Å²) in [7, 11) is 4.14. The number of likely N-dealkylation sites (N-methyl/N-ethyl adjacent to an activating group) is 1. The zero-order chi connectivity index (χ0) is 19.7. The topological polar surface area (TPSA) is 36.7 Å². The van der Waals surface area contributed by atoms with Gasteiger partial charge in [-0.1, -0.05) is 23.8 Å². The molecule has 2 aliphatic heterocycles. The maximum Gasteiger partial charge on any atom is 0.182 e. The number of aliphatic imine (C=N–C) groups is 1. The number of nitrogens with zero attached hydrogens (tertiary/aromatic N) is 5. The second-order valence-electron chi connectivity index (χ2n) is 8.49. The van der Waals surface area contributed by atoms with Crippen molar-refractivity contribution in [3.05, 3.63) is 58.4 Å². The summed E-state index contributed by atoms with van der Waals surface area (Å²) in [6.07, 6.45) is 11.9. The molecule has 5 nitrogen and oxygen atoms in total. The van der Waals surface area contributed by atoms with Crippen molar-refractivity contribution >= 4 is 34.0 Å². The van der Waals surface area contributed by atoms with E-state index in [1.165, 1.54) is 36.2 Å². The second kappa shape index (κ2) is 6.23. The Kier molecular flexibility index (Phi) is 3.73. The van der Waals surface area contributed by atoms with E-state index in [4.69, 9.17) is 21.7 Å². The number of hydrogen-bond acceptors (Lipinski definition) is 4. The van der Waals surface area contributed by atoms with Crippen LogP contribution in [0.15, 0.2) is 58.4 Å². The molecular weight excluding hydrogens is 382 g/mol. The summed E-state index contributed by atoms with van der Waals surface area (Å²) >= 11 is 6.26. The van der Waals surface area contributed by atoms with Crippen LogP contribution < -0.4 is 5.01 Å². The first-order valence-electron chi connectivity index (χ1n) is 10.4. The maximum absolute atomic E-state index is 6.26. The summed E-state index contributed by atoms with van der Waals surface area (Å²) in [6.45, 7) is 0.756. The van der Waals surface area contributed by atoms with Gasteiger partial charge in [0.1, 0.15) is 0 Å². The molecule has 1 fully saturated rings. The Labute approximate surface area is 175 Å². The van der Waals surface area contributed by atoms with E-state index >= 15 is 0 Å². The SMILES string of the molecule is CN1C2=CC(C3CC3)CCC2=C(C2=NCC=C2)N1c1nn(C)c2cc(Cl)ccc12. The number of hydrogen-bond donors (Lipinski definition) is 0. The van der Waals surface area contributed by atoms with Crippen molar-refractivity contribution in [1.29, 1.82) is 0 Å². The zero-order valence-electron chi connectivity index (χ0n) is 16.8. The molecule has 0 amide bonds. The fraction of sp³-hybridized carbons (Fsp3) is 0.391. The van der Waals surface area contributed by atoms with Gasteiger partial charge >= 0.3 is 0 Å². The minimum absolute atomic E-state index is 0.706. The first kappa shape index (κ1) is 17.3. The Morgan fingerprint density at radius 2 is 2.00 bits per heavy atom. The van der Waals surface area contributed by atoms with Gasteiger partial charge in [-0.25, -0.2) is 5.01 Å². The van der Waals surface area contributed by atoms with E-state index in [-0.39, 0.29) is 0 Å². The van der Waals surface area contributed by atoms with E-state index in [9.17, 15) is 0 Å². The predicted molar refractivity (Wildman–Crippen MR) is 118 cm³/mol. The number of rotatable bonds is 3.